The summed E-state index contributed by atoms with van der Waals surface area (Å²) < 4.78 is 7.00. The van der Waals surface area contributed by atoms with Crippen LogP contribution in [-0.4, -0.2) is 32.9 Å². The number of carbonyl (C=O) groups excluding carboxylic acids is 1. The fraction of sp³-hybridized carbons (Fsp3) is 0.250. The molecule has 0 unspecified atom stereocenters. The lowest BCUT2D eigenvalue weighted by molar-refractivity contribution is 0.0938. The van der Waals surface area contributed by atoms with Crippen molar-refractivity contribution in [3.8, 4) is 16.9 Å². The number of nitrogens with zero attached hydrogens (tertiary/aromatic N) is 3. The number of amides is 1. The Morgan fingerprint density at radius 1 is 1.22 bits per heavy atom. The zero-order chi connectivity index (χ0) is 19.4. The van der Waals surface area contributed by atoms with E-state index >= 15 is 0 Å². The van der Waals surface area contributed by atoms with E-state index in [0.29, 0.717) is 22.7 Å². The van der Waals surface area contributed by atoms with Gasteiger partial charge >= 0.3 is 0 Å². The van der Waals surface area contributed by atoms with Crippen LogP contribution in [0.25, 0.3) is 11.1 Å². The first-order valence-electron chi connectivity index (χ1n) is 8.56. The number of methoxy groups -OCH3 is 1. The molecule has 3 aromatic rings. The largest absolute Gasteiger partial charge is 0.496 e. The van der Waals surface area contributed by atoms with E-state index in [4.69, 9.17) is 4.74 Å². The Bertz CT molecular complexity index is 935. The number of aromatic nitrogens is 3. The molecule has 140 valence electrons. The topological polar surface area (TPSA) is 89.3 Å². The van der Waals surface area contributed by atoms with E-state index in [0.717, 1.165) is 11.1 Å². The molecular weight excluding hydrogens is 344 g/mol. The summed E-state index contributed by atoms with van der Waals surface area (Å²) in [7, 11) is 3.41. The number of ether oxygens (including phenoxy) is 1. The molecule has 0 bridgehead atoms. The van der Waals surface area contributed by atoms with E-state index in [-0.39, 0.29) is 18.6 Å². The number of hydrogen-bond donors (Lipinski definition) is 2. The Hall–Kier alpha value is -3.19. The third kappa shape index (κ3) is 3.98. The standard InChI is InChI=1S/C20H22N4O3/c1-13(19-23-21-12-24(19)2)22-20(26)15-6-4-14(5-7-15)16-8-9-18(27-3)17(10-16)11-25/h4-10,12-13,25H,11H2,1-3H3,(H,22,26)/t13-/m1/s1. The zero-order valence-electron chi connectivity index (χ0n) is 15.5. The molecule has 1 heterocycles. The molecule has 1 aromatic heterocycles. The van der Waals surface area contributed by atoms with Gasteiger partial charge < -0.3 is 19.7 Å². The smallest absolute Gasteiger partial charge is 0.251 e. The second-order valence-electron chi connectivity index (χ2n) is 6.26. The summed E-state index contributed by atoms with van der Waals surface area (Å²) in [6.07, 6.45) is 1.60. The second kappa shape index (κ2) is 8.01. The molecule has 0 aliphatic carbocycles. The highest BCUT2D eigenvalue weighted by atomic mass is 16.5. The summed E-state index contributed by atoms with van der Waals surface area (Å²) in [6, 6.07) is 12.7. The van der Waals surface area contributed by atoms with Crippen LogP contribution < -0.4 is 10.1 Å². The molecule has 0 aliphatic rings. The Balaban J connectivity index is 1.75. The van der Waals surface area contributed by atoms with E-state index in [1.54, 1.807) is 30.1 Å². The highest BCUT2D eigenvalue weighted by Crippen LogP contribution is 2.27. The van der Waals surface area contributed by atoms with E-state index in [9.17, 15) is 9.90 Å². The van der Waals surface area contributed by atoms with Crippen molar-refractivity contribution in [2.24, 2.45) is 7.05 Å². The summed E-state index contributed by atoms with van der Waals surface area (Å²) in [5.41, 5.74) is 3.17. The van der Waals surface area contributed by atoms with Gasteiger partial charge in [0.2, 0.25) is 0 Å². The number of rotatable bonds is 6. The van der Waals surface area contributed by atoms with Crippen LogP contribution in [0.3, 0.4) is 0 Å². The van der Waals surface area contributed by atoms with Crippen LogP contribution in [0.5, 0.6) is 5.75 Å². The van der Waals surface area contributed by atoms with Crippen LogP contribution in [0.15, 0.2) is 48.8 Å². The lowest BCUT2D eigenvalue weighted by atomic mass is 10.0. The first kappa shape index (κ1) is 18.6. The minimum atomic E-state index is -0.252. The molecule has 0 aliphatic heterocycles. The first-order chi connectivity index (χ1) is 13.0. The SMILES string of the molecule is COc1ccc(-c2ccc(C(=O)N[C@H](C)c3nncn3C)cc2)cc1CO. The molecule has 7 nitrogen and oxygen atoms in total. The molecule has 3 rings (SSSR count). The van der Waals surface area contributed by atoms with Crippen LogP contribution in [0.2, 0.25) is 0 Å². The van der Waals surface area contributed by atoms with Gasteiger partial charge in [0.15, 0.2) is 5.82 Å². The van der Waals surface area contributed by atoms with Crippen LogP contribution in [0, 0.1) is 0 Å². The van der Waals surface area contributed by atoms with Gasteiger partial charge in [-0.2, -0.15) is 0 Å². The van der Waals surface area contributed by atoms with Crippen molar-refractivity contribution in [2.75, 3.05) is 7.11 Å². The lowest BCUT2D eigenvalue weighted by Crippen LogP contribution is -2.28. The minimum absolute atomic E-state index is 0.0998. The molecule has 0 spiro atoms. The predicted molar refractivity (Wildman–Crippen MR) is 101 cm³/mol. The number of aliphatic hydroxyl groups is 1. The molecule has 0 saturated carbocycles. The predicted octanol–water partition coefficient (Wildman–Crippen LogP) is 2.47. The van der Waals surface area contributed by atoms with Crippen LogP contribution in [0.1, 0.15) is 34.7 Å². The van der Waals surface area contributed by atoms with E-state index in [1.165, 1.54) is 0 Å². The third-order valence-corrected chi connectivity index (χ3v) is 4.41. The average Bonchev–Trinajstić information content (AvgIpc) is 3.13. The summed E-state index contributed by atoms with van der Waals surface area (Å²) in [5, 5.41) is 20.2. The van der Waals surface area contributed by atoms with Gasteiger partial charge in [-0.1, -0.05) is 18.2 Å². The van der Waals surface area contributed by atoms with Crippen molar-refractivity contribution in [3.63, 3.8) is 0 Å². The highest BCUT2D eigenvalue weighted by molar-refractivity contribution is 5.94. The third-order valence-electron chi connectivity index (χ3n) is 4.41. The number of aryl methyl sites for hydroxylation is 1. The van der Waals surface area contributed by atoms with Crippen LogP contribution in [0.4, 0.5) is 0 Å². The first-order valence-corrected chi connectivity index (χ1v) is 8.56. The minimum Gasteiger partial charge on any atom is -0.496 e. The van der Waals surface area contributed by atoms with Crippen LogP contribution >= 0.6 is 0 Å². The number of benzene rings is 2. The zero-order valence-corrected chi connectivity index (χ0v) is 15.5. The lowest BCUT2D eigenvalue weighted by Gasteiger charge is -2.13. The number of nitrogens with one attached hydrogen (secondary N) is 1. The fourth-order valence-electron chi connectivity index (χ4n) is 2.92. The van der Waals surface area contributed by atoms with Crippen molar-refractivity contribution in [1.82, 2.24) is 20.1 Å². The monoisotopic (exact) mass is 366 g/mol. The van der Waals surface area contributed by atoms with Gasteiger partial charge in [0.25, 0.3) is 5.91 Å². The molecule has 1 amide bonds. The van der Waals surface area contributed by atoms with Crippen molar-refractivity contribution >= 4 is 5.91 Å². The van der Waals surface area contributed by atoms with E-state index in [1.807, 2.05) is 44.3 Å². The maximum Gasteiger partial charge on any atom is 0.251 e. The molecule has 0 fully saturated rings. The van der Waals surface area contributed by atoms with Gasteiger partial charge in [-0.25, -0.2) is 0 Å². The van der Waals surface area contributed by atoms with Crippen molar-refractivity contribution in [1.29, 1.82) is 0 Å². The van der Waals surface area contributed by atoms with Gasteiger partial charge in [-0.15, -0.1) is 10.2 Å². The molecule has 27 heavy (non-hydrogen) atoms. The summed E-state index contributed by atoms with van der Waals surface area (Å²) in [6.45, 7) is 1.77. The molecule has 7 heteroatoms. The summed E-state index contributed by atoms with van der Waals surface area (Å²) in [4.78, 5) is 12.5. The Kier molecular flexibility index (Phi) is 5.52. The van der Waals surface area contributed by atoms with Crippen LogP contribution in [-0.2, 0) is 13.7 Å². The van der Waals surface area contributed by atoms with Crippen molar-refractivity contribution in [3.05, 3.63) is 65.7 Å². The molecule has 2 aromatic carbocycles. The molecule has 0 radical (unpaired) electrons. The maximum absolute atomic E-state index is 12.5. The molecule has 2 N–H and O–H groups in total. The fourth-order valence-corrected chi connectivity index (χ4v) is 2.92. The van der Waals surface area contributed by atoms with Gasteiger partial charge in [0, 0.05) is 18.2 Å². The summed E-state index contributed by atoms with van der Waals surface area (Å²) >= 11 is 0. The van der Waals surface area contributed by atoms with Crippen molar-refractivity contribution < 1.29 is 14.6 Å². The second-order valence-corrected chi connectivity index (χ2v) is 6.26. The van der Waals surface area contributed by atoms with Gasteiger partial charge in [-0.05, 0) is 42.3 Å². The molecular formula is C20H22N4O3. The Morgan fingerprint density at radius 2 is 1.93 bits per heavy atom. The van der Waals surface area contributed by atoms with Gasteiger partial charge in [0.05, 0.1) is 19.8 Å². The number of aliphatic hydroxyl groups excluding tert-OH is 1. The number of hydrogen-bond acceptors (Lipinski definition) is 5. The quantitative estimate of drug-likeness (QED) is 0.700. The summed E-state index contributed by atoms with van der Waals surface area (Å²) in [5.74, 6) is 1.16. The van der Waals surface area contributed by atoms with Crippen molar-refractivity contribution in [2.45, 2.75) is 19.6 Å². The van der Waals surface area contributed by atoms with E-state index in [2.05, 4.69) is 15.5 Å². The van der Waals surface area contributed by atoms with Gasteiger partial charge in [0.1, 0.15) is 12.1 Å². The highest BCUT2D eigenvalue weighted by Gasteiger charge is 2.15. The molecule has 1 atom stereocenters. The Labute approximate surface area is 157 Å². The average molecular weight is 366 g/mol. The maximum atomic E-state index is 12.5. The van der Waals surface area contributed by atoms with Gasteiger partial charge in [-0.3, -0.25) is 4.79 Å². The number of carbonyl (C=O) groups is 1. The molecule has 0 saturated heterocycles. The van der Waals surface area contributed by atoms with E-state index < -0.39 is 0 Å². The normalized spacial score (nSPS) is 11.9. The Morgan fingerprint density at radius 3 is 2.52 bits per heavy atom.